The van der Waals surface area contributed by atoms with E-state index in [9.17, 15) is 4.79 Å². The van der Waals surface area contributed by atoms with Gasteiger partial charge in [0.05, 0.1) is 0 Å². The lowest BCUT2D eigenvalue weighted by Gasteiger charge is -2.31. The fourth-order valence-electron chi connectivity index (χ4n) is 1.65. The molecule has 0 radical (unpaired) electrons. The molecule has 1 unspecified atom stereocenters. The highest BCUT2D eigenvalue weighted by molar-refractivity contribution is 5.73. The van der Waals surface area contributed by atoms with E-state index in [0.29, 0.717) is 0 Å². The minimum absolute atomic E-state index is 0.0164. The zero-order valence-corrected chi connectivity index (χ0v) is 7.42. The van der Waals surface area contributed by atoms with Crippen LogP contribution in [-0.4, -0.2) is 24.0 Å². The van der Waals surface area contributed by atoms with Crippen LogP contribution in [0.4, 0.5) is 0 Å². The van der Waals surface area contributed by atoms with Gasteiger partial charge in [0.25, 0.3) is 0 Å². The first-order valence-corrected chi connectivity index (χ1v) is 4.38. The predicted molar refractivity (Wildman–Crippen MR) is 47.4 cm³/mol. The van der Waals surface area contributed by atoms with E-state index in [0.717, 1.165) is 19.3 Å². The van der Waals surface area contributed by atoms with Gasteiger partial charge in [-0.05, 0) is 19.3 Å². The van der Waals surface area contributed by atoms with Gasteiger partial charge in [0.15, 0.2) is 0 Å². The van der Waals surface area contributed by atoms with Crippen LogP contribution in [0.1, 0.15) is 26.2 Å². The van der Waals surface area contributed by atoms with Crippen LogP contribution in [0.5, 0.6) is 0 Å². The zero-order chi connectivity index (χ0) is 9.14. The summed E-state index contributed by atoms with van der Waals surface area (Å²) in [6, 6.07) is 0.378. The van der Waals surface area contributed by atoms with Gasteiger partial charge in [-0.15, -0.1) is 0 Å². The molecular formula is C8H17N3O. The first kappa shape index (κ1) is 9.48. The standard InChI is InChI=1S/C8H17N3O/c1-5(12)11-6-2-3-7(9)8(10)4-6/h6-8H,2-4,9-10H2,1H3,(H,11,12)/t6?,7-,8-/m1/s1. The van der Waals surface area contributed by atoms with Crippen LogP contribution in [0, 0.1) is 0 Å². The summed E-state index contributed by atoms with van der Waals surface area (Å²) in [6.45, 7) is 1.53. The fraction of sp³-hybridized carbons (Fsp3) is 0.875. The molecule has 0 aromatic rings. The molecule has 0 aromatic heterocycles. The SMILES string of the molecule is CC(=O)NC1CC[C@@H](N)[C@H](N)C1. The van der Waals surface area contributed by atoms with E-state index in [4.69, 9.17) is 11.5 Å². The molecule has 0 aromatic carbocycles. The third-order valence-electron chi connectivity index (χ3n) is 2.36. The van der Waals surface area contributed by atoms with Crippen molar-refractivity contribution in [3.8, 4) is 0 Å². The third-order valence-corrected chi connectivity index (χ3v) is 2.36. The Morgan fingerprint density at radius 1 is 1.33 bits per heavy atom. The molecule has 1 fully saturated rings. The normalized spacial score (nSPS) is 36.1. The van der Waals surface area contributed by atoms with Gasteiger partial charge < -0.3 is 16.8 Å². The predicted octanol–water partition coefficient (Wildman–Crippen LogP) is -0.670. The van der Waals surface area contributed by atoms with Crippen molar-refractivity contribution in [2.45, 2.75) is 44.3 Å². The summed E-state index contributed by atoms with van der Waals surface area (Å²) in [7, 11) is 0. The minimum atomic E-state index is 0.0164. The second-order valence-corrected chi connectivity index (χ2v) is 3.54. The lowest BCUT2D eigenvalue weighted by atomic mass is 9.88. The van der Waals surface area contributed by atoms with Crippen LogP contribution in [0.2, 0.25) is 0 Å². The number of carbonyl (C=O) groups excluding carboxylic acids is 1. The molecule has 5 N–H and O–H groups in total. The maximum absolute atomic E-state index is 10.7. The number of hydrogen-bond acceptors (Lipinski definition) is 3. The molecule has 1 saturated carbocycles. The lowest BCUT2D eigenvalue weighted by Crippen LogP contribution is -2.51. The van der Waals surface area contributed by atoms with E-state index in [-0.39, 0.29) is 24.0 Å². The van der Waals surface area contributed by atoms with Crippen LogP contribution >= 0.6 is 0 Å². The molecule has 0 spiro atoms. The summed E-state index contributed by atoms with van der Waals surface area (Å²) in [4.78, 5) is 10.7. The number of carbonyl (C=O) groups is 1. The van der Waals surface area contributed by atoms with E-state index >= 15 is 0 Å². The molecule has 1 aliphatic carbocycles. The molecule has 0 heterocycles. The third kappa shape index (κ3) is 2.46. The molecule has 4 heteroatoms. The molecule has 70 valence electrons. The second kappa shape index (κ2) is 3.87. The molecule has 4 nitrogen and oxygen atoms in total. The summed E-state index contributed by atoms with van der Waals surface area (Å²) in [5, 5.41) is 2.86. The number of hydrogen-bond donors (Lipinski definition) is 3. The van der Waals surface area contributed by atoms with Crippen molar-refractivity contribution in [3.05, 3.63) is 0 Å². The van der Waals surface area contributed by atoms with Crippen LogP contribution in [0.25, 0.3) is 0 Å². The quantitative estimate of drug-likeness (QED) is 0.489. The molecule has 0 saturated heterocycles. The van der Waals surface area contributed by atoms with Crippen molar-refractivity contribution >= 4 is 5.91 Å². The Hall–Kier alpha value is -0.610. The van der Waals surface area contributed by atoms with E-state index in [1.165, 1.54) is 6.92 Å². The summed E-state index contributed by atoms with van der Waals surface area (Å²) in [5.74, 6) is 0.0164. The Kier molecular flexibility index (Phi) is 3.05. The number of amides is 1. The zero-order valence-electron chi connectivity index (χ0n) is 7.42. The second-order valence-electron chi connectivity index (χ2n) is 3.54. The largest absolute Gasteiger partial charge is 0.354 e. The Morgan fingerprint density at radius 3 is 2.50 bits per heavy atom. The van der Waals surface area contributed by atoms with Crippen molar-refractivity contribution in [2.24, 2.45) is 11.5 Å². The van der Waals surface area contributed by atoms with Gasteiger partial charge in [0.1, 0.15) is 0 Å². The Bertz CT molecular complexity index is 172. The summed E-state index contributed by atoms with van der Waals surface area (Å²) < 4.78 is 0. The monoisotopic (exact) mass is 171 g/mol. The highest BCUT2D eigenvalue weighted by Crippen LogP contribution is 2.15. The average Bonchev–Trinajstić information content (AvgIpc) is 1.96. The van der Waals surface area contributed by atoms with Gasteiger partial charge in [-0.1, -0.05) is 0 Å². The molecule has 12 heavy (non-hydrogen) atoms. The molecule has 0 aliphatic heterocycles. The van der Waals surface area contributed by atoms with Gasteiger partial charge in [-0.2, -0.15) is 0 Å². The minimum Gasteiger partial charge on any atom is -0.354 e. The average molecular weight is 171 g/mol. The van der Waals surface area contributed by atoms with Crippen molar-refractivity contribution in [3.63, 3.8) is 0 Å². The number of nitrogens with two attached hydrogens (primary N) is 2. The van der Waals surface area contributed by atoms with Crippen LogP contribution in [0.15, 0.2) is 0 Å². The van der Waals surface area contributed by atoms with Crippen molar-refractivity contribution < 1.29 is 4.79 Å². The molecule has 1 amide bonds. The Labute approximate surface area is 72.7 Å². The van der Waals surface area contributed by atoms with Crippen molar-refractivity contribution in [2.75, 3.05) is 0 Å². The Morgan fingerprint density at radius 2 is 2.00 bits per heavy atom. The van der Waals surface area contributed by atoms with Gasteiger partial charge >= 0.3 is 0 Å². The molecule has 1 aliphatic rings. The highest BCUT2D eigenvalue weighted by Gasteiger charge is 2.25. The van der Waals surface area contributed by atoms with Gasteiger partial charge in [0.2, 0.25) is 5.91 Å². The summed E-state index contributed by atoms with van der Waals surface area (Å²) in [6.07, 6.45) is 2.67. The van der Waals surface area contributed by atoms with E-state index < -0.39 is 0 Å². The van der Waals surface area contributed by atoms with Crippen molar-refractivity contribution in [1.82, 2.24) is 5.32 Å². The number of rotatable bonds is 1. The van der Waals surface area contributed by atoms with Gasteiger partial charge in [-0.3, -0.25) is 4.79 Å². The molecule has 3 atom stereocenters. The Balaban J connectivity index is 2.35. The van der Waals surface area contributed by atoms with Crippen LogP contribution < -0.4 is 16.8 Å². The topological polar surface area (TPSA) is 81.1 Å². The van der Waals surface area contributed by atoms with Gasteiger partial charge in [0, 0.05) is 25.0 Å². The first-order valence-electron chi connectivity index (χ1n) is 4.38. The molecular weight excluding hydrogens is 154 g/mol. The van der Waals surface area contributed by atoms with Crippen LogP contribution in [-0.2, 0) is 4.79 Å². The van der Waals surface area contributed by atoms with E-state index in [1.807, 2.05) is 0 Å². The lowest BCUT2D eigenvalue weighted by molar-refractivity contribution is -0.119. The molecule has 0 bridgehead atoms. The van der Waals surface area contributed by atoms with Gasteiger partial charge in [-0.25, -0.2) is 0 Å². The van der Waals surface area contributed by atoms with E-state index in [2.05, 4.69) is 5.32 Å². The first-order chi connectivity index (χ1) is 5.59. The highest BCUT2D eigenvalue weighted by atomic mass is 16.1. The van der Waals surface area contributed by atoms with Crippen LogP contribution in [0.3, 0.4) is 0 Å². The smallest absolute Gasteiger partial charge is 0.217 e. The summed E-state index contributed by atoms with van der Waals surface area (Å²) >= 11 is 0. The summed E-state index contributed by atoms with van der Waals surface area (Å²) in [5.41, 5.74) is 11.5. The van der Waals surface area contributed by atoms with Crippen molar-refractivity contribution in [1.29, 1.82) is 0 Å². The maximum Gasteiger partial charge on any atom is 0.217 e. The molecule has 1 rings (SSSR count). The maximum atomic E-state index is 10.7. The number of nitrogens with one attached hydrogen (secondary N) is 1. The van der Waals surface area contributed by atoms with E-state index in [1.54, 1.807) is 0 Å². The fourth-order valence-corrected chi connectivity index (χ4v) is 1.65.